The van der Waals surface area contributed by atoms with Gasteiger partial charge in [-0.3, -0.25) is 4.57 Å². The second-order valence-corrected chi connectivity index (χ2v) is 6.88. The molecule has 27 heavy (non-hydrogen) atoms. The number of oxazole rings is 1. The van der Waals surface area contributed by atoms with Crippen LogP contribution in [-0.4, -0.2) is 10.9 Å². The number of hydrogen-bond acceptors (Lipinski definition) is 3. The van der Waals surface area contributed by atoms with Crippen LogP contribution in [0.1, 0.15) is 25.7 Å². The van der Waals surface area contributed by atoms with Crippen molar-refractivity contribution in [1.29, 1.82) is 0 Å². The standard InChI is InChI=1S/C20H18F3NO3/c21-20(22,23)27-16-8-5-14(6-9-16)15-7-10-18-17(11-15)24(19(25)26-18)12-13-3-1-2-4-13/h5-11,13H,1-4,12H2. The number of ether oxygens (including phenoxy) is 1. The van der Waals surface area contributed by atoms with Gasteiger partial charge in [-0.25, -0.2) is 4.79 Å². The highest BCUT2D eigenvalue weighted by Gasteiger charge is 2.31. The Bertz CT molecular complexity index is 996. The van der Waals surface area contributed by atoms with Crippen LogP contribution in [0.3, 0.4) is 0 Å². The third kappa shape index (κ3) is 3.86. The minimum atomic E-state index is -4.71. The van der Waals surface area contributed by atoms with E-state index in [9.17, 15) is 18.0 Å². The van der Waals surface area contributed by atoms with Gasteiger partial charge in [0, 0.05) is 6.54 Å². The van der Waals surface area contributed by atoms with Gasteiger partial charge in [0.1, 0.15) is 5.75 Å². The van der Waals surface area contributed by atoms with Gasteiger partial charge in [-0.05, 0) is 54.2 Å². The van der Waals surface area contributed by atoms with E-state index in [1.54, 1.807) is 28.8 Å². The largest absolute Gasteiger partial charge is 0.573 e. The first-order chi connectivity index (χ1) is 12.9. The van der Waals surface area contributed by atoms with E-state index in [2.05, 4.69) is 4.74 Å². The molecule has 0 spiro atoms. The lowest BCUT2D eigenvalue weighted by molar-refractivity contribution is -0.274. The van der Waals surface area contributed by atoms with E-state index in [4.69, 9.17) is 4.42 Å². The van der Waals surface area contributed by atoms with Crippen molar-refractivity contribution < 1.29 is 22.3 Å². The number of rotatable bonds is 4. The van der Waals surface area contributed by atoms with Crippen molar-refractivity contribution in [2.75, 3.05) is 0 Å². The van der Waals surface area contributed by atoms with Crippen LogP contribution in [0.25, 0.3) is 22.2 Å². The molecule has 3 aromatic rings. The zero-order chi connectivity index (χ0) is 19.0. The van der Waals surface area contributed by atoms with Crippen LogP contribution in [0.4, 0.5) is 13.2 Å². The van der Waals surface area contributed by atoms with Crippen LogP contribution in [0.15, 0.2) is 51.7 Å². The smallest absolute Gasteiger partial charge is 0.408 e. The molecule has 0 atom stereocenters. The van der Waals surface area contributed by atoms with E-state index in [0.29, 0.717) is 23.6 Å². The van der Waals surface area contributed by atoms with E-state index in [-0.39, 0.29) is 11.5 Å². The normalized spacial score (nSPS) is 15.5. The molecule has 1 aliphatic rings. The van der Waals surface area contributed by atoms with Gasteiger partial charge in [0.25, 0.3) is 0 Å². The van der Waals surface area contributed by atoms with Crippen molar-refractivity contribution in [2.45, 2.75) is 38.6 Å². The zero-order valence-electron chi connectivity index (χ0n) is 14.5. The van der Waals surface area contributed by atoms with E-state index >= 15 is 0 Å². The number of hydrogen-bond donors (Lipinski definition) is 0. The van der Waals surface area contributed by atoms with Gasteiger partial charge in [0.15, 0.2) is 5.58 Å². The summed E-state index contributed by atoms with van der Waals surface area (Å²) in [5, 5.41) is 0. The monoisotopic (exact) mass is 377 g/mol. The summed E-state index contributed by atoms with van der Waals surface area (Å²) in [5.41, 5.74) is 2.74. The summed E-state index contributed by atoms with van der Waals surface area (Å²) in [7, 11) is 0. The predicted octanol–water partition coefficient (Wildman–Crippen LogP) is 5.35. The topological polar surface area (TPSA) is 44.4 Å². The van der Waals surface area contributed by atoms with Gasteiger partial charge in [-0.1, -0.05) is 31.0 Å². The molecule has 0 radical (unpaired) electrons. The zero-order valence-corrected chi connectivity index (χ0v) is 14.5. The first kappa shape index (κ1) is 17.7. The minimum absolute atomic E-state index is 0.270. The van der Waals surface area contributed by atoms with E-state index in [1.807, 2.05) is 6.07 Å². The molecule has 0 bridgehead atoms. The SMILES string of the molecule is O=c1oc2ccc(-c3ccc(OC(F)(F)F)cc3)cc2n1CC1CCCC1. The van der Waals surface area contributed by atoms with Crippen molar-refractivity contribution in [2.24, 2.45) is 5.92 Å². The van der Waals surface area contributed by atoms with Gasteiger partial charge in [0.2, 0.25) is 0 Å². The number of aromatic nitrogens is 1. The van der Waals surface area contributed by atoms with Gasteiger partial charge >= 0.3 is 12.1 Å². The average Bonchev–Trinajstić information content (AvgIpc) is 3.23. The second kappa shape index (κ2) is 6.79. The summed E-state index contributed by atoms with van der Waals surface area (Å²) in [6.45, 7) is 0.633. The molecule has 0 saturated heterocycles. The molecule has 1 fully saturated rings. The number of nitrogens with zero attached hydrogens (tertiary/aromatic N) is 1. The Morgan fingerprint density at radius 1 is 1.04 bits per heavy atom. The predicted molar refractivity (Wildman–Crippen MR) is 94.6 cm³/mol. The second-order valence-electron chi connectivity index (χ2n) is 6.88. The van der Waals surface area contributed by atoms with Gasteiger partial charge in [-0.2, -0.15) is 0 Å². The highest BCUT2D eigenvalue weighted by molar-refractivity contribution is 5.80. The van der Waals surface area contributed by atoms with E-state index in [0.717, 1.165) is 24.0 Å². The Balaban J connectivity index is 1.65. The summed E-state index contributed by atoms with van der Waals surface area (Å²) in [6, 6.07) is 11.0. The average molecular weight is 377 g/mol. The molecule has 0 amide bonds. The number of halogens is 3. The van der Waals surface area contributed by atoms with Crippen LogP contribution < -0.4 is 10.5 Å². The van der Waals surface area contributed by atoms with Crippen LogP contribution in [0.5, 0.6) is 5.75 Å². The first-order valence-electron chi connectivity index (χ1n) is 8.89. The van der Waals surface area contributed by atoms with Crippen molar-refractivity contribution >= 4 is 11.1 Å². The number of benzene rings is 2. The highest BCUT2D eigenvalue weighted by atomic mass is 19.4. The molecule has 2 aromatic carbocycles. The summed E-state index contributed by atoms with van der Waals surface area (Å²) in [5.74, 6) is -0.164. The first-order valence-corrected chi connectivity index (χ1v) is 8.89. The van der Waals surface area contributed by atoms with Gasteiger partial charge < -0.3 is 9.15 Å². The summed E-state index contributed by atoms with van der Waals surface area (Å²) in [6.07, 6.45) is -0.119. The fourth-order valence-electron chi connectivity index (χ4n) is 3.71. The Morgan fingerprint density at radius 3 is 2.37 bits per heavy atom. The summed E-state index contributed by atoms with van der Waals surface area (Å²) in [4.78, 5) is 12.2. The molecule has 0 N–H and O–H groups in total. The lowest BCUT2D eigenvalue weighted by Gasteiger charge is -2.10. The van der Waals surface area contributed by atoms with Crippen LogP contribution in [0.2, 0.25) is 0 Å². The molecule has 0 aliphatic heterocycles. The van der Waals surface area contributed by atoms with Crippen molar-refractivity contribution in [3.8, 4) is 16.9 Å². The molecular formula is C20H18F3NO3. The molecule has 0 unspecified atom stereocenters. The third-order valence-corrected chi connectivity index (χ3v) is 5.00. The van der Waals surface area contributed by atoms with Crippen molar-refractivity contribution in [3.05, 3.63) is 53.0 Å². The van der Waals surface area contributed by atoms with Crippen LogP contribution >= 0.6 is 0 Å². The van der Waals surface area contributed by atoms with E-state index < -0.39 is 6.36 Å². The van der Waals surface area contributed by atoms with Gasteiger partial charge in [-0.15, -0.1) is 13.2 Å². The molecule has 1 saturated carbocycles. The highest BCUT2D eigenvalue weighted by Crippen LogP contribution is 2.30. The molecular weight excluding hydrogens is 359 g/mol. The molecule has 1 aliphatic carbocycles. The Morgan fingerprint density at radius 2 is 1.70 bits per heavy atom. The molecule has 7 heteroatoms. The van der Waals surface area contributed by atoms with Crippen LogP contribution in [0, 0.1) is 5.92 Å². The quantitative estimate of drug-likeness (QED) is 0.616. The lowest BCUT2D eigenvalue weighted by Crippen LogP contribution is -2.18. The Kier molecular flexibility index (Phi) is 4.45. The van der Waals surface area contributed by atoms with E-state index in [1.165, 1.54) is 25.0 Å². The number of alkyl halides is 3. The van der Waals surface area contributed by atoms with Crippen LogP contribution in [-0.2, 0) is 6.54 Å². The lowest BCUT2D eigenvalue weighted by atomic mass is 10.0. The fourth-order valence-corrected chi connectivity index (χ4v) is 3.71. The number of fused-ring (bicyclic) bond motifs is 1. The maximum Gasteiger partial charge on any atom is 0.573 e. The summed E-state index contributed by atoms with van der Waals surface area (Å²) >= 11 is 0. The maximum atomic E-state index is 12.3. The van der Waals surface area contributed by atoms with Crippen molar-refractivity contribution in [3.63, 3.8) is 0 Å². The Hall–Kier alpha value is -2.70. The molecule has 4 nitrogen and oxygen atoms in total. The fraction of sp³-hybridized carbons (Fsp3) is 0.350. The van der Waals surface area contributed by atoms with Crippen molar-refractivity contribution in [1.82, 2.24) is 4.57 Å². The maximum absolute atomic E-state index is 12.3. The van der Waals surface area contributed by atoms with Gasteiger partial charge in [0.05, 0.1) is 5.52 Å². The third-order valence-electron chi connectivity index (χ3n) is 5.00. The molecule has 4 rings (SSSR count). The Labute approximate surface area is 153 Å². The minimum Gasteiger partial charge on any atom is -0.408 e. The molecule has 142 valence electrons. The molecule has 1 aromatic heterocycles. The summed E-state index contributed by atoms with van der Waals surface area (Å²) < 4.78 is 47.8. The molecule has 1 heterocycles.